The molecule has 0 saturated heterocycles. The molecule has 3 aromatic rings. The van der Waals surface area contributed by atoms with Crippen molar-refractivity contribution >= 4 is 16.9 Å². The number of fused-ring (bicyclic) bond motifs is 2. The summed E-state index contributed by atoms with van der Waals surface area (Å²) in [5.74, 6) is 0.517. The highest BCUT2D eigenvalue weighted by Crippen LogP contribution is 2.38. The summed E-state index contributed by atoms with van der Waals surface area (Å²) in [5.41, 5.74) is 1.45. The van der Waals surface area contributed by atoms with Gasteiger partial charge in [0.2, 0.25) is 5.76 Å². The molecule has 0 spiro atoms. The first kappa shape index (κ1) is 19.9. The number of para-hydroxylation sites is 1. The van der Waals surface area contributed by atoms with Gasteiger partial charge in [-0.2, -0.15) is 0 Å². The SMILES string of the molecule is C=CCOc1cccc([C@@H]2c3c(oc4ccccc4c3=O)C(=O)N2CCN(C)C)c1. The molecule has 1 amide bonds. The van der Waals surface area contributed by atoms with Gasteiger partial charge in [-0.15, -0.1) is 0 Å². The zero-order chi connectivity index (χ0) is 21.3. The number of carbonyl (C=O) groups excluding carboxylic acids is 1. The number of ether oxygens (including phenoxy) is 1. The van der Waals surface area contributed by atoms with Crippen molar-refractivity contribution in [1.82, 2.24) is 9.80 Å². The van der Waals surface area contributed by atoms with E-state index in [2.05, 4.69) is 6.58 Å². The summed E-state index contributed by atoms with van der Waals surface area (Å²) in [6.45, 7) is 5.18. The standard InChI is InChI=1S/C24H24N2O4/c1-4-14-29-17-9-7-8-16(15-17)21-20-22(27)18-10-5-6-11-19(18)30-23(20)24(28)26(21)13-12-25(2)3/h4-11,15,21H,1,12-14H2,2-3H3/t21-/m1/s1. The monoisotopic (exact) mass is 404 g/mol. The normalized spacial score (nSPS) is 15.6. The molecule has 0 radical (unpaired) electrons. The van der Waals surface area contributed by atoms with E-state index in [1.54, 1.807) is 35.2 Å². The number of hydrogen-bond acceptors (Lipinski definition) is 5. The van der Waals surface area contributed by atoms with Crippen LogP contribution in [0.3, 0.4) is 0 Å². The fourth-order valence-corrected chi connectivity index (χ4v) is 3.78. The first-order chi connectivity index (χ1) is 14.5. The predicted molar refractivity (Wildman–Crippen MR) is 116 cm³/mol. The van der Waals surface area contributed by atoms with Crippen LogP contribution in [0.5, 0.6) is 5.75 Å². The van der Waals surface area contributed by atoms with Crippen LogP contribution in [-0.4, -0.2) is 49.5 Å². The summed E-state index contributed by atoms with van der Waals surface area (Å²) in [6, 6.07) is 14.0. The third kappa shape index (κ3) is 3.50. The van der Waals surface area contributed by atoms with E-state index < -0.39 is 6.04 Å². The molecular weight excluding hydrogens is 380 g/mol. The molecule has 0 aliphatic carbocycles. The fourth-order valence-electron chi connectivity index (χ4n) is 3.78. The lowest BCUT2D eigenvalue weighted by atomic mass is 9.98. The molecule has 2 aromatic carbocycles. The quantitative estimate of drug-likeness (QED) is 0.565. The molecule has 2 heterocycles. The lowest BCUT2D eigenvalue weighted by Gasteiger charge is -2.26. The maximum absolute atomic E-state index is 13.4. The van der Waals surface area contributed by atoms with Crippen molar-refractivity contribution in [2.24, 2.45) is 0 Å². The maximum Gasteiger partial charge on any atom is 0.290 e. The zero-order valence-corrected chi connectivity index (χ0v) is 17.1. The molecule has 4 rings (SSSR count). The number of amides is 1. The van der Waals surface area contributed by atoms with Crippen LogP contribution in [0.25, 0.3) is 11.0 Å². The summed E-state index contributed by atoms with van der Waals surface area (Å²) in [5, 5.41) is 0.475. The van der Waals surface area contributed by atoms with Crippen molar-refractivity contribution in [2.75, 3.05) is 33.8 Å². The van der Waals surface area contributed by atoms with Crippen LogP contribution in [0.4, 0.5) is 0 Å². The second-order valence-electron chi connectivity index (χ2n) is 7.55. The third-order valence-electron chi connectivity index (χ3n) is 5.20. The number of likely N-dealkylation sites (N-methyl/N-ethyl adjacent to an activating group) is 1. The van der Waals surface area contributed by atoms with Crippen molar-refractivity contribution in [2.45, 2.75) is 6.04 Å². The van der Waals surface area contributed by atoms with E-state index >= 15 is 0 Å². The first-order valence-corrected chi connectivity index (χ1v) is 9.86. The van der Waals surface area contributed by atoms with Crippen molar-refractivity contribution in [1.29, 1.82) is 0 Å². The number of nitrogens with zero attached hydrogens (tertiary/aromatic N) is 2. The molecule has 1 atom stereocenters. The van der Waals surface area contributed by atoms with Gasteiger partial charge < -0.3 is 19.0 Å². The van der Waals surface area contributed by atoms with Crippen LogP contribution in [0.1, 0.15) is 27.7 Å². The Kier molecular flexibility index (Phi) is 5.42. The Balaban J connectivity index is 1.88. The Morgan fingerprint density at radius 1 is 1.17 bits per heavy atom. The summed E-state index contributed by atoms with van der Waals surface area (Å²) in [6.07, 6.45) is 1.67. The lowest BCUT2D eigenvalue weighted by molar-refractivity contribution is 0.0716. The van der Waals surface area contributed by atoms with Gasteiger partial charge in [0.15, 0.2) is 5.43 Å². The van der Waals surface area contributed by atoms with Gasteiger partial charge >= 0.3 is 0 Å². The van der Waals surface area contributed by atoms with Gasteiger partial charge in [-0.25, -0.2) is 0 Å². The average Bonchev–Trinajstić information content (AvgIpc) is 3.03. The maximum atomic E-state index is 13.4. The Bertz CT molecular complexity index is 1170. The van der Waals surface area contributed by atoms with Gasteiger partial charge in [0.1, 0.15) is 17.9 Å². The van der Waals surface area contributed by atoms with Gasteiger partial charge in [-0.1, -0.05) is 36.9 Å². The van der Waals surface area contributed by atoms with Crippen molar-refractivity contribution in [3.63, 3.8) is 0 Å². The van der Waals surface area contributed by atoms with E-state index in [4.69, 9.17) is 9.15 Å². The summed E-state index contributed by atoms with van der Waals surface area (Å²) >= 11 is 0. The topological polar surface area (TPSA) is 63.0 Å². The van der Waals surface area contributed by atoms with Crippen LogP contribution in [0.2, 0.25) is 0 Å². The van der Waals surface area contributed by atoms with Crippen LogP contribution in [-0.2, 0) is 0 Å². The van der Waals surface area contributed by atoms with E-state index in [0.29, 0.717) is 42.0 Å². The summed E-state index contributed by atoms with van der Waals surface area (Å²) < 4.78 is 11.6. The van der Waals surface area contributed by atoms with Crippen LogP contribution >= 0.6 is 0 Å². The number of carbonyl (C=O) groups is 1. The number of benzene rings is 2. The minimum Gasteiger partial charge on any atom is -0.490 e. The number of rotatable bonds is 7. The second kappa shape index (κ2) is 8.16. The minimum absolute atomic E-state index is 0.125. The molecule has 1 aliphatic heterocycles. The highest BCUT2D eigenvalue weighted by molar-refractivity contribution is 5.99. The molecule has 6 heteroatoms. The van der Waals surface area contributed by atoms with Crippen molar-refractivity contribution < 1.29 is 13.9 Å². The summed E-state index contributed by atoms with van der Waals surface area (Å²) in [7, 11) is 3.90. The highest BCUT2D eigenvalue weighted by Gasteiger charge is 2.42. The van der Waals surface area contributed by atoms with Gasteiger partial charge in [0.05, 0.1) is 17.0 Å². The molecule has 0 fully saturated rings. The fraction of sp³-hybridized carbons (Fsp3) is 0.250. The Labute approximate surface area is 175 Å². The van der Waals surface area contributed by atoms with E-state index in [9.17, 15) is 9.59 Å². The van der Waals surface area contributed by atoms with Crippen LogP contribution in [0.15, 0.2) is 70.4 Å². The molecule has 1 aromatic heterocycles. The smallest absolute Gasteiger partial charge is 0.290 e. The molecule has 0 unspecified atom stereocenters. The van der Waals surface area contributed by atoms with Crippen LogP contribution in [0, 0.1) is 0 Å². The van der Waals surface area contributed by atoms with Crippen molar-refractivity contribution in [3.8, 4) is 5.75 Å². The van der Waals surface area contributed by atoms with Crippen molar-refractivity contribution in [3.05, 3.63) is 88.3 Å². The molecule has 0 saturated carbocycles. The van der Waals surface area contributed by atoms with E-state index in [-0.39, 0.29) is 17.1 Å². The van der Waals surface area contributed by atoms with Gasteiger partial charge in [0, 0.05) is 13.1 Å². The van der Waals surface area contributed by atoms with Gasteiger partial charge in [-0.3, -0.25) is 9.59 Å². The average molecular weight is 404 g/mol. The zero-order valence-electron chi connectivity index (χ0n) is 17.1. The van der Waals surface area contributed by atoms with Gasteiger partial charge in [-0.05, 0) is 43.9 Å². The molecular formula is C24H24N2O4. The minimum atomic E-state index is -0.527. The molecule has 0 N–H and O–H groups in total. The third-order valence-corrected chi connectivity index (χ3v) is 5.20. The van der Waals surface area contributed by atoms with Gasteiger partial charge in [0.25, 0.3) is 5.91 Å². The second-order valence-corrected chi connectivity index (χ2v) is 7.55. The Morgan fingerprint density at radius 2 is 1.97 bits per heavy atom. The lowest BCUT2D eigenvalue weighted by Crippen LogP contribution is -2.35. The van der Waals surface area contributed by atoms with E-state index in [1.807, 2.05) is 43.3 Å². The number of hydrogen-bond donors (Lipinski definition) is 0. The Morgan fingerprint density at radius 3 is 2.73 bits per heavy atom. The molecule has 1 aliphatic rings. The molecule has 0 bridgehead atoms. The summed E-state index contributed by atoms with van der Waals surface area (Å²) in [4.78, 5) is 30.4. The van der Waals surface area contributed by atoms with E-state index in [1.165, 1.54) is 0 Å². The molecule has 6 nitrogen and oxygen atoms in total. The highest BCUT2D eigenvalue weighted by atomic mass is 16.5. The van der Waals surface area contributed by atoms with Crippen LogP contribution < -0.4 is 10.2 Å². The molecule has 154 valence electrons. The van der Waals surface area contributed by atoms with E-state index in [0.717, 1.165) is 5.56 Å². The largest absolute Gasteiger partial charge is 0.490 e. The first-order valence-electron chi connectivity index (χ1n) is 9.86. The Hall–Kier alpha value is -3.38. The molecule has 30 heavy (non-hydrogen) atoms. The predicted octanol–water partition coefficient (Wildman–Crippen LogP) is 3.46.